The van der Waals surface area contributed by atoms with Crippen LogP contribution in [0.1, 0.15) is 22.3 Å². The van der Waals surface area contributed by atoms with Gasteiger partial charge in [-0.05, 0) is 12.0 Å². The van der Waals surface area contributed by atoms with Crippen LogP contribution < -0.4 is 0 Å². The molecule has 1 unspecified atom stereocenters. The van der Waals surface area contributed by atoms with Gasteiger partial charge in [-0.3, -0.25) is 4.79 Å². The van der Waals surface area contributed by atoms with E-state index in [0.717, 1.165) is 18.3 Å². The molecule has 76 valence electrons. The first kappa shape index (κ1) is 10.9. The van der Waals surface area contributed by atoms with Crippen molar-refractivity contribution in [2.75, 3.05) is 7.11 Å². The van der Waals surface area contributed by atoms with Gasteiger partial charge in [0.1, 0.15) is 6.29 Å². The number of aldehydes is 1. The summed E-state index contributed by atoms with van der Waals surface area (Å²) in [4.78, 5) is 10.4. The number of methoxy groups -OCH3 is 1. The number of ether oxygens (including phenoxy) is 1. The minimum absolute atomic E-state index is 0.566. The van der Waals surface area contributed by atoms with E-state index < -0.39 is 6.29 Å². The monoisotopic (exact) mass is 194 g/mol. The number of hydrogen-bond donors (Lipinski definition) is 1. The molecular formula is C11H14O3. The second kappa shape index (κ2) is 5.52. The third-order valence-corrected chi connectivity index (χ3v) is 2.07. The molecule has 0 aliphatic rings. The molecule has 0 bridgehead atoms. The van der Waals surface area contributed by atoms with Crippen molar-refractivity contribution in [3.63, 3.8) is 0 Å². The Morgan fingerprint density at radius 3 is 2.57 bits per heavy atom. The Morgan fingerprint density at radius 1 is 1.43 bits per heavy atom. The van der Waals surface area contributed by atoms with Crippen molar-refractivity contribution < 1.29 is 14.6 Å². The van der Waals surface area contributed by atoms with Crippen molar-refractivity contribution in [3.05, 3.63) is 35.4 Å². The first-order valence-corrected chi connectivity index (χ1v) is 4.51. The van der Waals surface area contributed by atoms with Gasteiger partial charge in [0.15, 0.2) is 6.29 Å². The highest BCUT2D eigenvalue weighted by atomic mass is 16.6. The third-order valence-electron chi connectivity index (χ3n) is 2.07. The van der Waals surface area contributed by atoms with E-state index in [4.69, 9.17) is 9.84 Å². The third kappa shape index (κ3) is 3.28. The van der Waals surface area contributed by atoms with E-state index in [1.807, 2.05) is 12.1 Å². The molecule has 0 spiro atoms. The number of aryl methyl sites for hydroxylation is 1. The highest BCUT2D eigenvalue weighted by Gasteiger charge is 2.01. The summed E-state index contributed by atoms with van der Waals surface area (Å²) in [5.74, 6) is 0. The number of carbonyl (C=O) groups excluding carboxylic acids is 1. The molecular weight excluding hydrogens is 180 g/mol. The predicted octanol–water partition coefficient (Wildman–Crippen LogP) is 1.40. The molecule has 14 heavy (non-hydrogen) atoms. The molecule has 0 fully saturated rings. The van der Waals surface area contributed by atoms with Crippen LogP contribution in [0, 0.1) is 0 Å². The Bertz CT molecular complexity index is 279. The van der Waals surface area contributed by atoms with Gasteiger partial charge in [-0.1, -0.05) is 24.3 Å². The Morgan fingerprint density at radius 2 is 2.07 bits per heavy atom. The number of rotatable bonds is 5. The molecule has 1 aromatic rings. The van der Waals surface area contributed by atoms with Crippen molar-refractivity contribution >= 4 is 6.29 Å². The summed E-state index contributed by atoms with van der Waals surface area (Å²) in [7, 11) is 1.47. The molecule has 0 saturated carbocycles. The van der Waals surface area contributed by atoms with Gasteiger partial charge in [-0.15, -0.1) is 0 Å². The average Bonchev–Trinajstić information content (AvgIpc) is 2.26. The minimum Gasteiger partial charge on any atom is -0.368 e. The van der Waals surface area contributed by atoms with Crippen molar-refractivity contribution in [3.8, 4) is 0 Å². The number of carbonyl (C=O) groups is 1. The van der Waals surface area contributed by atoms with Crippen LogP contribution >= 0.6 is 0 Å². The average molecular weight is 194 g/mol. The molecule has 0 amide bonds. The molecule has 0 aliphatic heterocycles. The van der Waals surface area contributed by atoms with Crippen LogP contribution in [0.5, 0.6) is 0 Å². The molecule has 0 aromatic heterocycles. The number of benzene rings is 1. The van der Waals surface area contributed by atoms with Gasteiger partial charge in [-0.2, -0.15) is 0 Å². The van der Waals surface area contributed by atoms with E-state index in [1.165, 1.54) is 7.11 Å². The maximum Gasteiger partial charge on any atom is 0.154 e. The fourth-order valence-electron chi connectivity index (χ4n) is 1.17. The van der Waals surface area contributed by atoms with Gasteiger partial charge in [0, 0.05) is 19.1 Å². The minimum atomic E-state index is -0.708. The second-order valence-corrected chi connectivity index (χ2v) is 3.09. The van der Waals surface area contributed by atoms with Crippen molar-refractivity contribution in [2.45, 2.75) is 19.1 Å². The van der Waals surface area contributed by atoms with E-state index in [9.17, 15) is 4.79 Å². The van der Waals surface area contributed by atoms with Crippen LogP contribution in [0.2, 0.25) is 0 Å². The van der Waals surface area contributed by atoms with Crippen LogP contribution in [0.25, 0.3) is 0 Å². The van der Waals surface area contributed by atoms with E-state index >= 15 is 0 Å². The first-order chi connectivity index (χ1) is 6.76. The maximum absolute atomic E-state index is 10.4. The Hall–Kier alpha value is -1.19. The fourth-order valence-corrected chi connectivity index (χ4v) is 1.17. The SMILES string of the molecule is COC(O)CCc1ccc(C=O)cc1. The topological polar surface area (TPSA) is 46.5 Å². The van der Waals surface area contributed by atoms with E-state index in [0.29, 0.717) is 12.0 Å². The first-order valence-electron chi connectivity index (χ1n) is 4.51. The Labute approximate surface area is 83.3 Å². The highest BCUT2D eigenvalue weighted by Crippen LogP contribution is 2.07. The van der Waals surface area contributed by atoms with Gasteiger partial charge in [0.2, 0.25) is 0 Å². The Kier molecular flexibility index (Phi) is 4.29. The van der Waals surface area contributed by atoms with Crippen molar-refractivity contribution in [2.24, 2.45) is 0 Å². The molecule has 3 nitrogen and oxygen atoms in total. The number of hydrogen-bond acceptors (Lipinski definition) is 3. The molecule has 1 N–H and O–H groups in total. The Balaban J connectivity index is 2.47. The molecule has 1 rings (SSSR count). The van der Waals surface area contributed by atoms with Gasteiger partial charge in [0.25, 0.3) is 0 Å². The van der Waals surface area contributed by atoms with Crippen LogP contribution in [-0.2, 0) is 11.2 Å². The van der Waals surface area contributed by atoms with Crippen molar-refractivity contribution in [1.29, 1.82) is 0 Å². The molecule has 0 radical (unpaired) electrons. The summed E-state index contributed by atoms with van der Waals surface area (Å²) >= 11 is 0. The summed E-state index contributed by atoms with van der Waals surface area (Å²) in [6.45, 7) is 0. The quantitative estimate of drug-likeness (QED) is 0.569. The van der Waals surface area contributed by atoms with Crippen LogP contribution in [0.4, 0.5) is 0 Å². The van der Waals surface area contributed by atoms with Crippen molar-refractivity contribution in [1.82, 2.24) is 0 Å². The van der Waals surface area contributed by atoms with Crippen LogP contribution in [0.3, 0.4) is 0 Å². The largest absolute Gasteiger partial charge is 0.368 e. The van der Waals surface area contributed by atoms with E-state index in [2.05, 4.69) is 0 Å². The fraction of sp³-hybridized carbons (Fsp3) is 0.364. The van der Waals surface area contributed by atoms with Gasteiger partial charge >= 0.3 is 0 Å². The standard InChI is InChI=1S/C11H14O3/c1-14-11(13)7-6-9-2-4-10(8-12)5-3-9/h2-5,8,11,13H,6-7H2,1H3. The summed E-state index contributed by atoms with van der Waals surface area (Å²) in [5, 5.41) is 9.14. The number of aliphatic hydroxyl groups excluding tert-OH is 1. The predicted molar refractivity (Wildman–Crippen MR) is 53.2 cm³/mol. The second-order valence-electron chi connectivity index (χ2n) is 3.09. The van der Waals surface area contributed by atoms with Gasteiger partial charge < -0.3 is 9.84 Å². The lowest BCUT2D eigenvalue weighted by molar-refractivity contribution is -0.0777. The smallest absolute Gasteiger partial charge is 0.154 e. The lowest BCUT2D eigenvalue weighted by Gasteiger charge is -2.07. The van der Waals surface area contributed by atoms with Crippen LogP contribution in [0.15, 0.2) is 24.3 Å². The molecule has 0 saturated heterocycles. The molecule has 0 heterocycles. The van der Waals surface area contributed by atoms with E-state index in [1.54, 1.807) is 12.1 Å². The normalized spacial score (nSPS) is 12.4. The highest BCUT2D eigenvalue weighted by molar-refractivity contribution is 5.74. The van der Waals surface area contributed by atoms with E-state index in [-0.39, 0.29) is 0 Å². The summed E-state index contributed by atoms with van der Waals surface area (Å²) in [6, 6.07) is 7.29. The van der Waals surface area contributed by atoms with Gasteiger partial charge in [0.05, 0.1) is 0 Å². The summed E-state index contributed by atoms with van der Waals surface area (Å²) in [6.07, 6.45) is 1.42. The van der Waals surface area contributed by atoms with Gasteiger partial charge in [-0.25, -0.2) is 0 Å². The lowest BCUT2D eigenvalue weighted by Crippen LogP contribution is -2.09. The number of aliphatic hydroxyl groups is 1. The molecule has 0 aliphatic carbocycles. The molecule has 1 aromatic carbocycles. The molecule has 1 atom stereocenters. The zero-order valence-electron chi connectivity index (χ0n) is 8.14. The summed E-state index contributed by atoms with van der Waals surface area (Å²) < 4.78 is 4.72. The van der Waals surface area contributed by atoms with Crippen LogP contribution in [-0.4, -0.2) is 24.8 Å². The summed E-state index contributed by atoms with van der Waals surface area (Å²) in [5.41, 5.74) is 1.76. The zero-order valence-corrected chi connectivity index (χ0v) is 8.14. The lowest BCUT2D eigenvalue weighted by atomic mass is 10.1. The molecule has 3 heteroatoms. The maximum atomic E-state index is 10.4. The zero-order chi connectivity index (χ0) is 10.4.